The van der Waals surface area contributed by atoms with Crippen molar-refractivity contribution in [2.75, 3.05) is 6.54 Å². The number of phenols is 1. The standard InChI is InChI=1S/C21H16ClF3N2O5/c1-8(20(31)26-7-15(28)29)16-9(2)27(14-6-13(24)19(30)18(25)17(14)16)21(32)10-3-4-11(22)12(23)5-10/h3-6,8,30H,7H2,1-2H3,(H,26,31)(H,28,29). The Bertz CT molecular complexity index is 1290. The lowest BCUT2D eigenvalue weighted by Gasteiger charge is -2.13. The van der Waals surface area contributed by atoms with Crippen LogP contribution in [0.15, 0.2) is 24.3 Å². The van der Waals surface area contributed by atoms with E-state index in [1.165, 1.54) is 19.9 Å². The largest absolute Gasteiger partial charge is 0.503 e. The molecule has 0 aliphatic carbocycles. The molecule has 2 aromatic carbocycles. The fraction of sp³-hybridized carbons (Fsp3) is 0.190. The Labute approximate surface area is 184 Å². The number of nitrogens with zero attached hydrogens (tertiary/aromatic N) is 1. The number of halogens is 4. The van der Waals surface area contributed by atoms with Gasteiger partial charge < -0.3 is 15.5 Å². The predicted octanol–water partition coefficient (Wildman–Crippen LogP) is 3.72. The van der Waals surface area contributed by atoms with Gasteiger partial charge in [-0.1, -0.05) is 11.6 Å². The Balaban J connectivity index is 2.27. The number of hydrogen-bond donors (Lipinski definition) is 3. The summed E-state index contributed by atoms with van der Waals surface area (Å²) >= 11 is 5.64. The number of hydrogen-bond acceptors (Lipinski definition) is 4. The molecule has 1 aromatic heterocycles. The van der Waals surface area contributed by atoms with Crippen LogP contribution in [0.5, 0.6) is 5.75 Å². The summed E-state index contributed by atoms with van der Waals surface area (Å²) in [5.74, 6) is -9.10. The van der Waals surface area contributed by atoms with Gasteiger partial charge in [0, 0.05) is 22.7 Å². The molecule has 0 radical (unpaired) electrons. The zero-order valence-electron chi connectivity index (χ0n) is 16.7. The van der Waals surface area contributed by atoms with Gasteiger partial charge in [0.25, 0.3) is 5.91 Å². The van der Waals surface area contributed by atoms with Crippen molar-refractivity contribution in [2.24, 2.45) is 0 Å². The first-order chi connectivity index (χ1) is 15.0. The Morgan fingerprint density at radius 3 is 2.41 bits per heavy atom. The van der Waals surface area contributed by atoms with Crippen LogP contribution in [0.3, 0.4) is 0 Å². The molecule has 3 rings (SSSR count). The first kappa shape index (κ1) is 23.1. The molecule has 1 unspecified atom stereocenters. The van der Waals surface area contributed by atoms with Crippen molar-refractivity contribution in [3.05, 3.63) is 63.6 Å². The van der Waals surface area contributed by atoms with Gasteiger partial charge in [-0.2, -0.15) is 0 Å². The van der Waals surface area contributed by atoms with E-state index in [4.69, 9.17) is 16.7 Å². The normalized spacial score (nSPS) is 12.1. The molecular formula is C21H16ClF3N2O5. The van der Waals surface area contributed by atoms with Gasteiger partial charge in [-0.25, -0.2) is 13.2 Å². The van der Waals surface area contributed by atoms with Crippen LogP contribution in [0.4, 0.5) is 13.2 Å². The van der Waals surface area contributed by atoms with Gasteiger partial charge in [-0.05, 0) is 37.6 Å². The molecule has 32 heavy (non-hydrogen) atoms. The van der Waals surface area contributed by atoms with Gasteiger partial charge in [0.1, 0.15) is 12.4 Å². The summed E-state index contributed by atoms with van der Waals surface area (Å²) in [6, 6.07) is 3.93. The number of aliphatic carboxylic acids is 1. The molecule has 0 saturated heterocycles. The SMILES string of the molecule is Cc1c(C(C)C(=O)NCC(=O)O)c2c(F)c(O)c(F)cc2n1C(=O)c1ccc(Cl)c(F)c1. The predicted molar refractivity (Wildman–Crippen MR) is 108 cm³/mol. The van der Waals surface area contributed by atoms with E-state index in [1.54, 1.807) is 0 Å². The summed E-state index contributed by atoms with van der Waals surface area (Å²) in [7, 11) is 0. The smallest absolute Gasteiger partial charge is 0.322 e. The number of amides is 1. The summed E-state index contributed by atoms with van der Waals surface area (Å²) in [5, 5.41) is 20.0. The minimum atomic E-state index is -1.40. The molecule has 0 saturated carbocycles. The van der Waals surface area contributed by atoms with Crippen molar-refractivity contribution < 1.29 is 37.8 Å². The van der Waals surface area contributed by atoms with E-state index in [0.29, 0.717) is 0 Å². The Morgan fingerprint density at radius 1 is 1.16 bits per heavy atom. The third-order valence-electron chi connectivity index (χ3n) is 5.02. The molecule has 1 heterocycles. The number of benzene rings is 2. The zero-order chi connectivity index (χ0) is 23.9. The van der Waals surface area contributed by atoms with Gasteiger partial charge in [-0.15, -0.1) is 0 Å². The molecule has 0 aliphatic heterocycles. The molecule has 0 aliphatic rings. The summed E-state index contributed by atoms with van der Waals surface area (Å²) < 4.78 is 43.8. The second kappa shape index (κ2) is 8.54. The van der Waals surface area contributed by atoms with Crippen LogP contribution < -0.4 is 5.32 Å². The van der Waals surface area contributed by atoms with E-state index in [-0.39, 0.29) is 27.4 Å². The van der Waals surface area contributed by atoms with E-state index < -0.39 is 58.8 Å². The van der Waals surface area contributed by atoms with Crippen molar-refractivity contribution in [1.29, 1.82) is 0 Å². The van der Waals surface area contributed by atoms with Crippen molar-refractivity contribution in [3.63, 3.8) is 0 Å². The highest BCUT2D eigenvalue weighted by Crippen LogP contribution is 2.38. The molecule has 0 fully saturated rings. The third kappa shape index (κ3) is 3.89. The summed E-state index contributed by atoms with van der Waals surface area (Å²) in [6.07, 6.45) is 0. The lowest BCUT2D eigenvalue weighted by Crippen LogP contribution is -2.32. The quantitative estimate of drug-likeness (QED) is 0.529. The van der Waals surface area contributed by atoms with Crippen LogP contribution >= 0.6 is 11.6 Å². The van der Waals surface area contributed by atoms with Crippen LogP contribution in [-0.4, -0.2) is 39.1 Å². The minimum absolute atomic E-state index is 0.0160. The minimum Gasteiger partial charge on any atom is -0.503 e. The van der Waals surface area contributed by atoms with Crippen LogP contribution in [0, 0.1) is 24.4 Å². The van der Waals surface area contributed by atoms with Gasteiger partial charge >= 0.3 is 5.97 Å². The fourth-order valence-corrected chi connectivity index (χ4v) is 3.63. The van der Waals surface area contributed by atoms with Gasteiger partial charge in [-0.3, -0.25) is 19.0 Å². The summed E-state index contributed by atoms with van der Waals surface area (Å²) in [5.41, 5.74) is -0.542. The van der Waals surface area contributed by atoms with Gasteiger partial charge in [0.2, 0.25) is 5.91 Å². The Hall–Kier alpha value is -3.53. The number of carbonyl (C=O) groups is 3. The van der Waals surface area contributed by atoms with Crippen LogP contribution in [-0.2, 0) is 9.59 Å². The second-order valence-electron chi connectivity index (χ2n) is 7.02. The number of rotatable bonds is 5. The first-order valence-corrected chi connectivity index (χ1v) is 9.54. The first-order valence-electron chi connectivity index (χ1n) is 9.16. The van der Waals surface area contributed by atoms with Crippen LogP contribution in [0.1, 0.15) is 34.5 Å². The lowest BCUT2D eigenvalue weighted by atomic mass is 9.96. The van der Waals surface area contributed by atoms with Gasteiger partial charge in [0.05, 0.1) is 16.5 Å². The van der Waals surface area contributed by atoms with Crippen molar-refractivity contribution >= 4 is 40.3 Å². The van der Waals surface area contributed by atoms with Gasteiger partial charge in [0.15, 0.2) is 17.4 Å². The molecule has 1 atom stereocenters. The Morgan fingerprint density at radius 2 is 1.81 bits per heavy atom. The number of carbonyl (C=O) groups excluding carboxylic acids is 2. The number of aromatic nitrogens is 1. The number of aromatic hydroxyl groups is 1. The third-order valence-corrected chi connectivity index (χ3v) is 5.32. The summed E-state index contributed by atoms with van der Waals surface area (Å²) in [4.78, 5) is 36.3. The molecule has 0 bridgehead atoms. The van der Waals surface area contributed by atoms with Crippen LogP contribution in [0.2, 0.25) is 5.02 Å². The van der Waals surface area contributed by atoms with E-state index in [9.17, 15) is 32.7 Å². The Kier molecular flexibility index (Phi) is 6.18. The maximum atomic E-state index is 14.9. The number of nitrogens with one attached hydrogen (secondary N) is 1. The number of carboxylic acid groups (broad SMARTS) is 1. The fourth-order valence-electron chi connectivity index (χ4n) is 3.51. The monoisotopic (exact) mass is 468 g/mol. The number of carboxylic acids is 1. The number of fused-ring (bicyclic) bond motifs is 1. The topological polar surface area (TPSA) is 109 Å². The molecule has 11 heteroatoms. The average molecular weight is 469 g/mol. The maximum absolute atomic E-state index is 14.9. The molecule has 1 amide bonds. The van der Waals surface area contributed by atoms with E-state index >= 15 is 0 Å². The highest BCUT2D eigenvalue weighted by molar-refractivity contribution is 6.30. The molecular weight excluding hydrogens is 453 g/mol. The highest BCUT2D eigenvalue weighted by atomic mass is 35.5. The van der Waals surface area contributed by atoms with E-state index in [2.05, 4.69) is 5.32 Å². The zero-order valence-corrected chi connectivity index (χ0v) is 17.4. The average Bonchev–Trinajstić information content (AvgIpc) is 3.02. The lowest BCUT2D eigenvalue weighted by molar-refractivity contribution is -0.138. The molecule has 0 spiro atoms. The highest BCUT2D eigenvalue weighted by Gasteiger charge is 2.31. The van der Waals surface area contributed by atoms with E-state index in [1.807, 2.05) is 0 Å². The second-order valence-corrected chi connectivity index (χ2v) is 7.42. The van der Waals surface area contributed by atoms with Crippen molar-refractivity contribution in [2.45, 2.75) is 19.8 Å². The number of phenolic OH excluding ortho intramolecular Hbond substituents is 1. The van der Waals surface area contributed by atoms with Crippen LogP contribution in [0.25, 0.3) is 10.9 Å². The summed E-state index contributed by atoms with van der Waals surface area (Å²) in [6.45, 7) is 1.98. The van der Waals surface area contributed by atoms with Crippen molar-refractivity contribution in [3.8, 4) is 5.75 Å². The molecule has 3 N–H and O–H groups in total. The molecule has 3 aromatic rings. The molecule has 168 valence electrons. The maximum Gasteiger partial charge on any atom is 0.322 e. The van der Waals surface area contributed by atoms with Crippen molar-refractivity contribution in [1.82, 2.24) is 9.88 Å². The van der Waals surface area contributed by atoms with E-state index in [0.717, 1.165) is 22.8 Å². The molecule has 7 nitrogen and oxygen atoms in total.